The van der Waals surface area contributed by atoms with Crippen molar-refractivity contribution >= 4 is 39.1 Å². The first kappa shape index (κ1) is 19.4. The van der Waals surface area contributed by atoms with Crippen LogP contribution in [0.15, 0.2) is 71.9 Å². The quantitative estimate of drug-likeness (QED) is 0.270. The third-order valence-electron chi connectivity index (χ3n) is 5.41. The van der Waals surface area contributed by atoms with Crippen LogP contribution in [0.25, 0.3) is 33.1 Å². The Morgan fingerprint density at radius 3 is 2.47 bits per heavy atom. The summed E-state index contributed by atoms with van der Waals surface area (Å²) >= 11 is 0. The van der Waals surface area contributed by atoms with Crippen LogP contribution in [0.4, 0.5) is 11.4 Å². The number of fused-ring (bicyclic) bond motifs is 2. The van der Waals surface area contributed by atoms with Crippen LogP contribution >= 0.6 is 0 Å². The summed E-state index contributed by atoms with van der Waals surface area (Å²) in [5.41, 5.74) is 3.42. The highest BCUT2D eigenvalue weighted by Gasteiger charge is 2.21. The predicted molar refractivity (Wildman–Crippen MR) is 124 cm³/mol. The number of nitrogens with one attached hydrogen (secondary N) is 3. The molecule has 0 saturated heterocycles. The van der Waals surface area contributed by atoms with Gasteiger partial charge in [0.15, 0.2) is 5.88 Å². The van der Waals surface area contributed by atoms with E-state index in [0.717, 1.165) is 5.52 Å². The first-order valence-corrected chi connectivity index (χ1v) is 9.83. The Labute approximate surface area is 181 Å². The lowest BCUT2D eigenvalue weighted by Crippen LogP contribution is -2.11. The lowest BCUT2D eigenvalue weighted by molar-refractivity contribution is 0.102. The molecule has 8 nitrogen and oxygen atoms in total. The summed E-state index contributed by atoms with van der Waals surface area (Å²) in [7, 11) is 1.56. The van der Waals surface area contributed by atoms with Crippen molar-refractivity contribution in [2.24, 2.45) is 5.18 Å². The van der Waals surface area contributed by atoms with E-state index in [4.69, 9.17) is 4.74 Å². The monoisotopic (exact) mass is 426 g/mol. The molecule has 32 heavy (non-hydrogen) atoms. The van der Waals surface area contributed by atoms with Crippen LogP contribution in [0.5, 0.6) is 11.6 Å². The van der Waals surface area contributed by atoms with Gasteiger partial charge >= 0.3 is 0 Å². The molecule has 0 atom stereocenters. The van der Waals surface area contributed by atoms with Gasteiger partial charge in [-0.05, 0) is 53.7 Å². The van der Waals surface area contributed by atoms with Gasteiger partial charge in [-0.25, -0.2) is 0 Å². The summed E-state index contributed by atoms with van der Waals surface area (Å²) in [6.07, 6.45) is 0. The highest BCUT2D eigenvalue weighted by Crippen LogP contribution is 2.44. The van der Waals surface area contributed by atoms with Crippen molar-refractivity contribution in [1.82, 2.24) is 9.97 Å². The minimum atomic E-state index is -0.283. The number of para-hydroxylation sites is 1. The van der Waals surface area contributed by atoms with Gasteiger partial charge in [0.05, 0.1) is 18.4 Å². The second kappa shape index (κ2) is 7.59. The highest BCUT2D eigenvalue weighted by atomic mass is 16.5. The first-order valence-electron chi connectivity index (χ1n) is 9.83. The molecule has 2 heterocycles. The zero-order chi connectivity index (χ0) is 22.2. The van der Waals surface area contributed by atoms with Gasteiger partial charge in [0, 0.05) is 33.1 Å². The molecule has 5 rings (SSSR count). The van der Waals surface area contributed by atoms with Gasteiger partial charge in [0.2, 0.25) is 0 Å². The highest BCUT2D eigenvalue weighted by molar-refractivity contribution is 6.09. The molecule has 0 aliphatic carbocycles. The molecule has 0 aliphatic rings. The number of aromatic nitrogens is 2. The zero-order valence-electron chi connectivity index (χ0n) is 17.0. The van der Waals surface area contributed by atoms with E-state index >= 15 is 0 Å². The lowest BCUT2D eigenvalue weighted by Gasteiger charge is -2.07. The van der Waals surface area contributed by atoms with Crippen molar-refractivity contribution in [2.75, 3.05) is 12.4 Å². The molecule has 3 aromatic carbocycles. The van der Waals surface area contributed by atoms with Crippen LogP contribution in [0.2, 0.25) is 0 Å². The maximum absolute atomic E-state index is 12.7. The van der Waals surface area contributed by atoms with E-state index in [9.17, 15) is 14.8 Å². The molecule has 158 valence electrons. The molecule has 0 saturated carbocycles. The Bertz CT molecular complexity index is 1480. The fourth-order valence-electron chi connectivity index (χ4n) is 3.86. The molecular weight excluding hydrogens is 408 g/mol. The number of H-pyrrole nitrogens is 2. The molecule has 4 N–H and O–H groups in total. The number of amides is 1. The summed E-state index contributed by atoms with van der Waals surface area (Å²) in [5.74, 6) is 0.276. The number of anilines is 1. The van der Waals surface area contributed by atoms with E-state index in [-0.39, 0.29) is 17.5 Å². The molecule has 5 aromatic rings. The van der Waals surface area contributed by atoms with Crippen LogP contribution in [0, 0.1) is 4.91 Å². The Hall–Kier alpha value is -4.59. The van der Waals surface area contributed by atoms with Crippen LogP contribution in [0.1, 0.15) is 10.4 Å². The maximum Gasteiger partial charge on any atom is 0.255 e. The van der Waals surface area contributed by atoms with Gasteiger partial charge in [0.1, 0.15) is 11.4 Å². The van der Waals surface area contributed by atoms with Gasteiger partial charge in [-0.3, -0.25) is 4.79 Å². The summed E-state index contributed by atoms with van der Waals surface area (Å²) in [6.45, 7) is 0. The molecule has 0 radical (unpaired) electrons. The number of ether oxygens (including phenoxy) is 1. The first-order chi connectivity index (χ1) is 15.6. The number of benzene rings is 3. The topological polar surface area (TPSA) is 120 Å². The summed E-state index contributed by atoms with van der Waals surface area (Å²) in [4.78, 5) is 30.4. The van der Waals surface area contributed by atoms with Gasteiger partial charge in [-0.1, -0.05) is 18.2 Å². The van der Waals surface area contributed by atoms with E-state index in [2.05, 4.69) is 20.5 Å². The molecule has 0 fully saturated rings. The molecule has 0 bridgehead atoms. The van der Waals surface area contributed by atoms with Crippen molar-refractivity contribution in [3.05, 3.63) is 77.2 Å². The van der Waals surface area contributed by atoms with E-state index < -0.39 is 0 Å². The van der Waals surface area contributed by atoms with Crippen LogP contribution < -0.4 is 10.1 Å². The normalized spacial score (nSPS) is 11.0. The smallest absolute Gasteiger partial charge is 0.255 e. The Kier molecular flexibility index (Phi) is 4.59. The van der Waals surface area contributed by atoms with Crippen LogP contribution in [-0.4, -0.2) is 28.1 Å². The van der Waals surface area contributed by atoms with Crippen molar-refractivity contribution in [3.8, 4) is 22.9 Å². The average Bonchev–Trinajstić information content (AvgIpc) is 3.34. The van der Waals surface area contributed by atoms with Crippen molar-refractivity contribution in [1.29, 1.82) is 0 Å². The van der Waals surface area contributed by atoms with Gasteiger partial charge in [-0.15, -0.1) is 4.91 Å². The number of rotatable bonds is 5. The molecule has 0 unspecified atom stereocenters. The Morgan fingerprint density at radius 1 is 0.969 bits per heavy atom. The number of methoxy groups -OCH3 is 1. The van der Waals surface area contributed by atoms with Crippen molar-refractivity contribution in [3.63, 3.8) is 0 Å². The number of aromatic amines is 2. The summed E-state index contributed by atoms with van der Waals surface area (Å²) in [6, 6.07) is 19.3. The second-order valence-electron chi connectivity index (χ2n) is 7.28. The van der Waals surface area contributed by atoms with E-state index in [1.54, 1.807) is 55.6 Å². The standard InChI is InChI=1S/C24H18N4O4/c1-32-15-9-6-13(7-10-15)23(29)25-14-8-11-19-17(12-14)20(24(30)27-19)22-21(28-31)16-4-2-3-5-18(16)26-22/h2-12,26-27,30H,1H3,(H,25,29). The van der Waals surface area contributed by atoms with E-state index in [1.165, 1.54) is 0 Å². The fraction of sp³-hybridized carbons (Fsp3) is 0.0417. The zero-order valence-corrected chi connectivity index (χ0v) is 17.0. The molecule has 2 aromatic heterocycles. The summed E-state index contributed by atoms with van der Waals surface area (Å²) < 4.78 is 5.12. The fourth-order valence-corrected chi connectivity index (χ4v) is 3.86. The third kappa shape index (κ3) is 3.14. The van der Waals surface area contributed by atoms with Crippen LogP contribution in [0.3, 0.4) is 0 Å². The van der Waals surface area contributed by atoms with E-state index in [0.29, 0.717) is 44.5 Å². The minimum Gasteiger partial charge on any atom is -0.497 e. The van der Waals surface area contributed by atoms with Crippen molar-refractivity contribution in [2.45, 2.75) is 0 Å². The van der Waals surface area contributed by atoms with Gasteiger partial charge in [0.25, 0.3) is 5.91 Å². The number of hydrogen-bond acceptors (Lipinski definition) is 5. The molecule has 1 amide bonds. The summed E-state index contributed by atoms with van der Waals surface area (Å²) in [5, 5.41) is 18.0. The van der Waals surface area contributed by atoms with Crippen molar-refractivity contribution < 1.29 is 14.6 Å². The number of nitroso groups, excluding NO2 is 1. The van der Waals surface area contributed by atoms with Gasteiger partial charge in [-0.2, -0.15) is 0 Å². The molecule has 8 heteroatoms. The number of hydrogen-bond donors (Lipinski definition) is 4. The average molecular weight is 426 g/mol. The SMILES string of the molecule is COc1ccc(C(=O)Nc2ccc3[nH]c(O)c(-c4[nH]c5ccccc5c4N=O)c3c2)cc1. The Balaban J connectivity index is 1.57. The second-order valence-corrected chi connectivity index (χ2v) is 7.28. The third-order valence-corrected chi connectivity index (χ3v) is 5.41. The Morgan fingerprint density at radius 2 is 1.72 bits per heavy atom. The van der Waals surface area contributed by atoms with E-state index in [1.807, 2.05) is 18.2 Å². The molecule has 0 spiro atoms. The molecule has 0 aliphatic heterocycles. The van der Waals surface area contributed by atoms with Crippen LogP contribution in [-0.2, 0) is 0 Å². The number of aromatic hydroxyl groups is 1. The molecular formula is C24H18N4O4. The largest absolute Gasteiger partial charge is 0.497 e. The minimum absolute atomic E-state index is 0.102. The number of carbonyl (C=O) groups excluding carboxylic acids is 1. The predicted octanol–water partition coefficient (Wildman–Crippen LogP) is 5.68. The lowest BCUT2D eigenvalue weighted by atomic mass is 10.1. The number of carbonyl (C=O) groups is 1. The number of nitrogens with zero attached hydrogens (tertiary/aromatic N) is 1. The van der Waals surface area contributed by atoms with Gasteiger partial charge < -0.3 is 25.1 Å². The maximum atomic E-state index is 12.7.